The standard InChI is InChI=1S/C17H19N3O3/c1-22-12-5-2-10(3-6-12)15-9-18-17(23-15)16(21)20-14-8-11-4-7-13(14)19-11/h2-3,5-6,9,11,13-14,19H,4,7-8H2,1H3,(H,20,21)/t11-,13+,14-/m1/s1. The Hall–Kier alpha value is -2.34. The number of methoxy groups -OCH3 is 1. The third-order valence-electron chi connectivity index (χ3n) is 4.69. The first-order valence-corrected chi connectivity index (χ1v) is 7.90. The van der Waals surface area contributed by atoms with E-state index in [0.717, 1.165) is 24.2 Å². The lowest BCUT2D eigenvalue weighted by Crippen LogP contribution is -2.43. The van der Waals surface area contributed by atoms with Gasteiger partial charge in [-0.1, -0.05) is 0 Å². The quantitative estimate of drug-likeness (QED) is 0.902. The molecule has 6 heteroatoms. The van der Waals surface area contributed by atoms with Crippen LogP contribution >= 0.6 is 0 Å². The third-order valence-corrected chi connectivity index (χ3v) is 4.69. The highest BCUT2D eigenvalue weighted by atomic mass is 16.5. The van der Waals surface area contributed by atoms with Crippen molar-refractivity contribution in [3.8, 4) is 17.1 Å². The Labute approximate surface area is 134 Å². The second-order valence-electron chi connectivity index (χ2n) is 6.12. The van der Waals surface area contributed by atoms with Gasteiger partial charge >= 0.3 is 5.91 Å². The van der Waals surface area contributed by atoms with E-state index in [1.165, 1.54) is 6.42 Å². The molecule has 0 unspecified atom stereocenters. The molecular weight excluding hydrogens is 294 g/mol. The Balaban J connectivity index is 1.45. The summed E-state index contributed by atoms with van der Waals surface area (Å²) in [7, 11) is 1.62. The molecule has 0 radical (unpaired) electrons. The van der Waals surface area contributed by atoms with Crippen LogP contribution in [0.25, 0.3) is 11.3 Å². The zero-order valence-electron chi connectivity index (χ0n) is 12.9. The fraction of sp³-hybridized carbons (Fsp3) is 0.412. The maximum Gasteiger partial charge on any atom is 0.307 e. The van der Waals surface area contributed by atoms with Crippen molar-refractivity contribution in [2.45, 2.75) is 37.4 Å². The average molecular weight is 313 g/mol. The van der Waals surface area contributed by atoms with Crippen LogP contribution in [0.1, 0.15) is 29.9 Å². The van der Waals surface area contributed by atoms with Crippen LogP contribution in [0.15, 0.2) is 34.9 Å². The topological polar surface area (TPSA) is 76.4 Å². The Bertz CT molecular complexity index is 710. The molecule has 0 spiro atoms. The van der Waals surface area contributed by atoms with E-state index in [2.05, 4.69) is 15.6 Å². The molecule has 2 fully saturated rings. The molecule has 2 aliphatic heterocycles. The van der Waals surface area contributed by atoms with Gasteiger partial charge in [0.1, 0.15) is 5.75 Å². The number of rotatable bonds is 4. The maximum absolute atomic E-state index is 12.3. The minimum Gasteiger partial charge on any atom is -0.497 e. The smallest absolute Gasteiger partial charge is 0.307 e. The van der Waals surface area contributed by atoms with Crippen LogP contribution in [-0.4, -0.2) is 36.1 Å². The largest absolute Gasteiger partial charge is 0.497 e. The number of amides is 1. The molecule has 4 rings (SSSR count). The first-order valence-electron chi connectivity index (χ1n) is 7.90. The summed E-state index contributed by atoms with van der Waals surface area (Å²) in [5.41, 5.74) is 0.860. The summed E-state index contributed by atoms with van der Waals surface area (Å²) in [5.74, 6) is 1.21. The minimum atomic E-state index is -0.246. The van der Waals surface area contributed by atoms with Gasteiger partial charge in [0.25, 0.3) is 5.89 Å². The van der Waals surface area contributed by atoms with Gasteiger partial charge in [-0.05, 0) is 43.5 Å². The number of fused-ring (bicyclic) bond motifs is 2. The Morgan fingerprint density at radius 3 is 2.83 bits per heavy atom. The van der Waals surface area contributed by atoms with E-state index in [4.69, 9.17) is 9.15 Å². The second-order valence-corrected chi connectivity index (χ2v) is 6.12. The minimum absolute atomic E-state index is 0.110. The number of nitrogens with zero attached hydrogens (tertiary/aromatic N) is 1. The predicted molar refractivity (Wildman–Crippen MR) is 84.3 cm³/mol. The molecule has 23 heavy (non-hydrogen) atoms. The molecule has 2 bridgehead atoms. The third kappa shape index (κ3) is 2.70. The summed E-state index contributed by atoms with van der Waals surface area (Å²) in [5, 5.41) is 6.53. The number of carbonyl (C=O) groups excluding carboxylic acids is 1. The van der Waals surface area contributed by atoms with Crippen LogP contribution in [0.4, 0.5) is 0 Å². The highest BCUT2D eigenvalue weighted by Crippen LogP contribution is 2.28. The van der Waals surface area contributed by atoms with E-state index in [1.807, 2.05) is 24.3 Å². The van der Waals surface area contributed by atoms with Gasteiger partial charge in [0.05, 0.1) is 13.3 Å². The Morgan fingerprint density at radius 2 is 2.17 bits per heavy atom. The normalized spacial score (nSPS) is 25.5. The van der Waals surface area contributed by atoms with Crippen molar-refractivity contribution in [2.75, 3.05) is 7.11 Å². The molecule has 1 aromatic carbocycles. The molecule has 0 aliphatic carbocycles. The van der Waals surface area contributed by atoms with Crippen LogP contribution in [0.5, 0.6) is 5.75 Å². The molecule has 3 atom stereocenters. The lowest BCUT2D eigenvalue weighted by Gasteiger charge is -2.20. The zero-order valence-corrected chi connectivity index (χ0v) is 12.9. The van der Waals surface area contributed by atoms with Gasteiger partial charge in [-0.15, -0.1) is 0 Å². The Kier molecular flexibility index (Phi) is 3.53. The van der Waals surface area contributed by atoms with Crippen molar-refractivity contribution in [2.24, 2.45) is 0 Å². The van der Waals surface area contributed by atoms with E-state index in [-0.39, 0.29) is 17.8 Å². The molecule has 0 saturated carbocycles. The van der Waals surface area contributed by atoms with Gasteiger partial charge in [0, 0.05) is 23.7 Å². The number of benzene rings is 1. The first-order chi connectivity index (χ1) is 11.2. The van der Waals surface area contributed by atoms with Gasteiger partial charge in [0.15, 0.2) is 5.76 Å². The van der Waals surface area contributed by atoms with Crippen molar-refractivity contribution < 1.29 is 13.9 Å². The number of hydrogen-bond donors (Lipinski definition) is 2. The fourth-order valence-electron chi connectivity index (χ4n) is 3.48. The number of ether oxygens (including phenoxy) is 1. The molecule has 6 nitrogen and oxygen atoms in total. The van der Waals surface area contributed by atoms with Gasteiger partial charge in [-0.25, -0.2) is 4.98 Å². The predicted octanol–water partition coefficient (Wildman–Crippen LogP) is 1.97. The number of hydrogen-bond acceptors (Lipinski definition) is 5. The van der Waals surface area contributed by atoms with Gasteiger partial charge in [-0.3, -0.25) is 4.79 Å². The van der Waals surface area contributed by atoms with Crippen LogP contribution in [0.2, 0.25) is 0 Å². The lowest BCUT2D eigenvalue weighted by molar-refractivity contribution is 0.0896. The van der Waals surface area contributed by atoms with E-state index in [9.17, 15) is 4.79 Å². The lowest BCUT2D eigenvalue weighted by atomic mass is 9.95. The fourth-order valence-corrected chi connectivity index (χ4v) is 3.48. The van der Waals surface area contributed by atoms with Crippen molar-refractivity contribution in [3.63, 3.8) is 0 Å². The number of aromatic nitrogens is 1. The van der Waals surface area contributed by atoms with Gasteiger partial charge in [-0.2, -0.15) is 0 Å². The summed E-state index contributed by atoms with van der Waals surface area (Å²) in [4.78, 5) is 16.4. The number of carbonyl (C=O) groups is 1. The van der Waals surface area contributed by atoms with E-state index in [0.29, 0.717) is 17.8 Å². The molecular formula is C17H19N3O3. The molecule has 2 aliphatic rings. The van der Waals surface area contributed by atoms with Crippen LogP contribution < -0.4 is 15.4 Å². The summed E-state index contributed by atoms with van der Waals surface area (Å²) in [6.45, 7) is 0. The SMILES string of the molecule is COc1ccc(-c2cnc(C(=O)N[C@@H]3C[C@H]4CC[C@@H]3N4)o2)cc1. The van der Waals surface area contributed by atoms with E-state index in [1.54, 1.807) is 13.3 Å². The monoisotopic (exact) mass is 313 g/mol. The van der Waals surface area contributed by atoms with Gasteiger partial charge < -0.3 is 19.8 Å². The summed E-state index contributed by atoms with van der Waals surface area (Å²) in [6.07, 6.45) is 4.90. The van der Waals surface area contributed by atoms with E-state index >= 15 is 0 Å². The van der Waals surface area contributed by atoms with Gasteiger partial charge in [0.2, 0.25) is 0 Å². The van der Waals surface area contributed by atoms with Crippen LogP contribution in [-0.2, 0) is 0 Å². The van der Waals surface area contributed by atoms with Crippen LogP contribution in [0, 0.1) is 0 Å². The average Bonchev–Trinajstić information content (AvgIpc) is 3.31. The molecule has 120 valence electrons. The molecule has 1 aromatic heterocycles. The van der Waals surface area contributed by atoms with Crippen LogP contribution in [0.3, 0.4) is 0 Å². The maximum atomic E-state index is 12.3. The molecule has 3 heterocycles. The van der Waals surface area contributed by atoms with E-state index < -0.39 is 0 Å². The molecule has 1 amide bonds. The van der Waals surface area contributed by atoms with Crippen molar-refractivity contribution in [1.82, 2.24) is 15.6 Å². The highest BCUT2D eigenvalue weighted by Gasteiger charge is 2.40. The second kappa shape index (κ2) is 5.70. The van der Waals surface area contributed by atoms with Crippen molar-refractivity contribution in [1.29, 1.82) is 0 Å². The molecule has 2 N–H and O–H groups in total. The zero-order chi connectivity index (χ0) is 15.8. The number of oxazole rings is 1. The molecule has 2 saturated heterocycles. The Morgan fingerprint density at radius 1 is 1.35 bits per heavy atom. The number of nitrogens with one attached hydrogen (secondary N) is 2. The van der Waals surface area contributed by atoms with Crippen molar-refractivity contribution >= 4 is 5.91 Å². The highest BCUT2D eigenvalue weighted by molar-refractivity contribution is 5.90. The summed E-state index contributed by atoms with van der Waals surface area (Å²) in [6, 6.07) is 8.56. The van der Waals surface area contributed by atoms with Crippen molar-refractivity contribution in [3.05, 3.63) is 36.4 Å². The summed E-state index contributed by atoms with van der Waals surface area (Å²) < 4.78 is 10.7. The summed E-state index contributed by atoms with van der Waals surface area (Å²) >= 11 is 0. The molecule has 2 aromatic rings. The first kappa shape index (κ1) is 14.3.